The van der Waals surface area contributed by atoms with E-state index < -0.39 is 4.92 Å². The second kappa shape index (κ2) is 6.35. The predicted octanol–water partition coefficient (Wildman–Crippen LogP) is 2.68. The number of carbonyl (C=O) groups is 1. The van der Waals surface area contributed by atoms with Gasteiger partial charge in [-0.1, -0.05) is 6.07 Å². The van der Waals surface area contributed by atoms with E-state index in [9.17, 15) is 14.9 Å². The summed E-state index contributed by atoms with van der Waals surface area (Å²) in [6.45, 7) is 4.17. The van der Waals surface area contributed by atoms with E-state index in [0.717, 1.165) is 0 Å². The average Bonchev–Trinajstić information content (AvgIpc) is 2.35. The van der Waals surface area contributed by atoms with Crippen LogP contribution >= 0.6 is 11.6 Å². The molecule has 0 spiro atoms. The van der Waals surface area contributed by atoms with Gasteiger partial charge in [-0.2, -0.15) is 0 Å². The number of benzene rings is 1. The monoisotopic (exact) mass is 270 g/mol. The SMILES string of the molecule is CC(C)N(CCCl)C(=O)c1cccc([N+](=O)[O-])c1. The number of nitrogens with zero attached hydrogens (tertiary/aromatic N) is 2. The zero-order valence-electron chi connectivity index (χ0n) is 10.3. The minimum atomic E-state index is -0.516. The number of amides is 1. The molecule has 0 bridgehead atoms. The van der Waals surface area contributed by atoms with Crippen molar-refractivity contribution < 1.29 is 9.72 Å². The van der Waals surface area contributed by atoms with Gasteiger partial charge in [-0.25, -0.2) is 0 Å². The van der Waals surface area contributed by atoms with Crippen molar-refractivity contribution in [3.8, 4) is 0 Å². The molecule has 0 aliphatic carbocycles. The van der Waals surface area contributed by atoms with E-state index in [4.69, 9.17) is 11.6 Å². The Balaban J connectivity index is 3.01. The van der Waals surface area contributed by atoms with Gasteiger partial charge < -0.3 is 4.90 Å². The van der Waals surface area contributed by atoms with Gasteiger partial charge in [-0.15, -0.1) is 11.6 Å². The molecule has 6 heteroatoms. The molecule has 1 amide bonds. The Kier molecular flexibility index (Phi) is 5.09. The van der Waals surface area contributed by atoms with Gasteiger partial charge in [-0.05, 0) is 19.9 Å². The fraction of sp³-hybridized carbons (Fsp3) is 0.417. The van der Waals surface area contributed by atoms with E-state index in [1.807, 2.05) is 13.8 Å². The number of halogens is 1. The van der Waals surface area contributed by atoms with Gasteiger partial charge in [0, 0.05) is 36.2 Å². The number of nitro groups is 1. The Morgan fingerprint density at radius 2 is 2.17 bits per heavy atom. The Morgan fingerprint density at radius 3 is 2.67 bits per heavy atom. The molecule has 0 aromatic heterocycles. The standard InChI is InChI=1S/C12H15ClN2O3/c1-9(2)14(7-6-13)12(16)10-4-3-5-11(8-10)15(17)18/h3-5,8-9H,6-7H2,1-2H3. The molecule has 0 unspecified atom stereocenters. The average molecular weight is 271 g/mol. The van der Waals surface area contributed by atoms with Gasteiger partial charge in [0.05, 0.1) is 4.92 Å². The second-order valence-electron chi connectivity index (χ2n) is 4.09. The molecule has 0 heterocycles. The summed E-state index contributed by atoms with van der Waals surface area (Å²) in [6, 6.07) is 5.71. The van der Waals surface area contributed by atoms with Crippen LogP contribution in [0.3, 0.4) is 0 Å². The van der Waals surface area contributed by atoms with E-state index in [2.05, 4.69) is 0 Å². The normalized spacial score (nSPS) is 10.4. The summed E-state index contributed by atoms with van der Waals surface area (Å²) in [5.74, 6) is 0.0908. The smallest absolute Gasteiger partial charge is 0.270 e. The van der Waals surface area contributed by atoms with Crippen LogP contribution in [0.15, 0.2) is 24.3 Å². The van der Waals surface area contributed by atoms with Crippen molar-refractivity contribution in [3.63, 3.8) is 0 Å². The molecule has 1 aromatic carbocycles. The first-order valence-electron chi connectivity index (χ1n) is 5.58. The van der Waals surface area contributed by atoms with Gasteiger partial charge in [0.15, 0.2) is 0 Å². The predicted molar refractivity (Wildman–Crippen MR) is 70.0 cm³/mol. The number of hydrogen-bond acceptors (Lipinski definition) is 3. The second-order valence-corrected chi connectivity index (χ2v) is 4.47. The van der Waals surface area contributed by atoms with Crippen LogP contribution < -0.4 is 0 Å². The number of carbonyl (C=O) groups excluding carboxylic acids is 1. The number of hydrogen-bond donors (Lipinski definition) is 0. The Morgan fingerprint density at radius 1 is 1.50 bits per heavy atom. The number of rotatable bonds is 5. The van der Waals surface area contributed by atoms with Crippen molar-refractivity contribution in [2.75, 3.05) is 12.4 Å². The summed E-state index contributed by atoms with van der Waals surface area (Å²) < 4.78 is 0. The van der Waals surface area contributed by atoms with Gasteiger partial charge >= 0.3 is 0 Å². The van der Waals surface area contributed by atoms with E-state index >= 15 is 0 Å². The van der Waals surface area contributed by atoms with Crippen molar-refractivity contribution in [1.82, 2.24) is 4.90 Å². The highest BCUT2D eigenvalue weighted by molar-refractivity contribution is 6.18. The lowest BCUT2D eigenvalue weighted by Gasteiger charge is -2.25. The van der Waals surface area contributed by atoms with Crippen molar-refractivity contribution in [1.29, 1.82) is 0 Å². The zero-order valence-corrected chi connectivity index (χ0v) is 11.1. The maximum atomic E-state index is 12.2. The van der Waals surface area contributed by atoms with Crippen LogP contribution in [0.25, 0.3) is 0 Å². The lowest BCUT2D eigenvalue weighted by Crippen LogP contribution is -2.38. The highest BCUT2D eigenvalue weighted by atomic mass is 35.5. The van der Waals surface area contributed by atoms with Gasteiger partial charge in [0.2, 0.25) is 0 Å². The first-order chi connectivity index (χ1) is 8.47. The minimum Gasteiger partial charge on any atom is -0.335 e. The molecule has 0 fully saturated rings. The van der Waals surface area contributed by atoms with Crippen LogP contribution in [-0.4, -0.2) is 34.2 Å². The molecule has 0 saturated heterocycles. The maximum absolute atomic E-state index is 12.2. The molecule has 0 aliphatic heterocycles. The topological polar surface area (TPSA) is 63.5 Å². The molecule has 0 saturated carbocycles. The molecule has 5 nitrogen and oxygen atoms in total. The summed E-state index contributed by atoms with van der Waals surface area (Å²) in [7, 11) is 0. The summed E-state index contributed by atoms with van der Waals surface area (Å²) >= 11 is 5.65. The molecule has 0 N–H and O–H groups in total. The maximum Gasteiger partial charge on any atom is 0.270 e. The fourth-order valence-corrected chi connectivity index (χ4v) is 1.79. The quantitative estimate of drug-likeness (QED) is 0.469. The van der Waals surface area contributed by atoms with Crippen molar-refractivity contribution >= 4 is 23.2 Å². The van der Waals surface area contributed by atoms with E-state index in [0.29, 0.717) is 18.0 Å². The molecule has 18 heavy (non-hydrogen) atoms. The van der Waals surface area contributed by atoms with Crippen LogP contribution in [0, 0.1) is 10.1 Å². The Bertz CT molecular complexity index is 449. The van der Waals surface area contributed by atoms with E-state index in [-0.39, 0.29) is 17.6 Å². The third-order valence-electron chi connectivity index (χ3n) is 2.51. The van der Waals surface area contributed by atoms with Gasteiger partial charge in [0.1, 0.15) is 0 Å². The lowest BCUT2D eigenvalue weighted by atomic mass is 10.1. The van der Waals surface area contributed by atoms with Gasteiger partial charge in [0.25, 0.3) is 11.6 Å². The highest BCUT2D eigenvalue weighted by Gasteiger charge is 2.19. The summed E-state index contributed by atoms with van der Waals surface area (Å²) in [5.41, 5.74) is 0.221. The van der Waals surface area contributed by atoms with Crippen LogP contribution in [0.1, 0.15) is 24.2 Å². The third-order valence-corrected chi connectivity index (χ3v) is 2.68. The molecule has 0 aliphatic rings. The lowest BCUT2D eigenvalue weighted by molar-refractivity contribution is -0.384. The first-order valence-corrected chi connectivity index (χ1v) is 6.12. The largest absolute Gasteiger partial charge is 0.335 e. The molecule has 98 valence electrons. The van der Waals surface area contributed by atoms with Crippen molar-refractivity contribution in [2.24, 2.45) is 0 Å². The molecular formula is C12H15ClN2O3. The third kappa shape index (κ3) is 3.43. The first kappa shape index (κ1) is 14.4. The molecule has 1 aromatic rings. The summed E-state index contributed by atoms with van der Waals surface area (Å²) in [4.78, 5) is 23.9. The van der Waals surface area contributed by atoms with Crippen LogP contribution in [0.5, 0.6) is 0 Å². The van der Waals surface area contributed by atoms with Crippen LogP contribution in [0.4, 0.5) is 5.69 Å². The van der Waals surface area contributed by atoms with Crippen LogP contribution in [0.2, 0.25) is 0 Å². The minimum absolute atomic E-state index is 0.00416. The number of alkyl halides is 1. The number of nitro benzene ring substituents is 1. The Hall–Kier alpha value is -1.62. The van der Waals surface area contributed by atoms with E-state index in [1.165, 1.54) is 18.2 Å². The molecule has 1 rings (SSSR count). The number of non-ortho nitro benzene ring substituents is 1. The van der Waals surface area contributed by atoms with Gasteiger partial charge in [-0.3, -0.25) is 14.9 Å². The van der Waals surface area contributed by atoms with Crippen LogP contribution in [-0.2, 0) is 0 Å². The van der Waals surface area contributed by atoms with Crippen molar-refractivity contribution in [2.45, 2.75) is 19.9 Å². The fourth-order valence-electron chi connectivity index (χ4n) is 1.60. The molecule has 0 atom stereocenters. The molecular weight excluding hydrogens is 256 g/mol. The zero-order chi connectivity index (χ0) is 13.7. The van der Waals surface area contributed by atoms with E-state index in [1.54, 1.807) is 11.0 Å². The summed E-state index contributed by atoms with van der Waals surface area (Å²) in [5, 5.41) is 10.7. The molecule has 0 radical (unpaired) electrons. The Labute approximate surface area is 110 Å². The highest BCUT2D eigenvalue weighted by Crippen LogP contribution is 2.16. The van der Waals surface area contributed by atoms with Crippen molar-refractivity contribution in [3.05, 3.63) is 39.9 Å². The summed E-state index contributed by atoms with van der Waals surface area (Å²) in [6.07, 6.45) is 0.